The van der Waals surface area contributed by atoms with E-state index in [0.29, 0.717) is 15.7 Å². The summed E-state index contributed by atoms with van der Waals surface area (Å²) in [5, 5.41) is 1.91. The van der Waals surface area contributed by atoms with Crippen LogP contribution in [0.15, 0.2) is 0 Å². The highest BCUT2D eigenvalue weighted by Crippen LogP contribution is 2.50. The van der Waals surface area contributed by atoms with Crippen molar-refractivity contribution in [3.63, 3.8) is 0 Å². The minimum Gasteiger partial charge on any atom is -0.144 e. The Morgan fingerprint density at radius 2 is 0.929 bits per heavy atom. The van der Waals surface area contributed by atoms with Crippen LogP contribution in [0.2, 0.25) is 0 Å². The molecule has 0 saturated heterocycles. The first-order chi connectivity index (χ1) is 6.25. The highest BCUT2D eigenvalue weighted by Gasteiger charge is 2.37. The van der Waals surface area contributed by atoms with Crippen molar-refractivity contribution >= 4 is 49.5 Å². The molecule has 0 spiro atoms. The summed E-state index contributed by atoms with van der Waals surface area (Å²) < 4.78 is 0. The Morgan fingerprint density at radius 1 is 0.714 bits per heavy atom. The van der Waals surface area contributed by atoms with Crippen LogP contribution in [0.4, 0.5) is 0 Å². The fourth-order valence-electron chi connectivity index (χ4n) is 0.928. The second kappa shape index (κ2) is 7.00. The first-order valence-corrected chi connectivity index (χ1v) is 12.8. The Kier molecular flexibility index (Phi) is 7.77. The average Bonchev–Trinajstić information content (AvgIpc) is 1.76. The average molecular weight is 289 g/mol. The van der Waals surface area contributed by atoms with Crippen LogP contribution in [-0.4, -0.2) is 20.6 Å². The minimum atomic E-state index is -1.72. The molecule has 0 saturated carbocycles. The monoisotopic (exact) mass is 288 g/mol. The van der Waals surface area contributed by atoms with Crippen molar-refractivity contribution in [2.45, 2.75) is 57.3 Å². The standard InChI is InChI=1S/C9H21ClS3Si/c1-7(2)11-14(10,12-8(3)4)13-9(5)6/h7-9H,1-6H3. The van der Waals surface area contributed by atoms with Gasteiger partial charge in [0.15, 0.2) is 0 Å². The van der Waals surface area contributed by atoms with Crippen molar-refractivity contribution in [1.29, 1.82) is 0 Å². The molecule has 14 heavy (non-hydrogen) atoms. The van der Waals surface area contributed by atoms with Crippen LogP contribution in [0.3, 0.4) is 0 Å². The summed E-state index contributed by atoms with van der Waals surface area (Å²) in [4.78, 5) is -1.72. The highest BCUT2D eigenvalue weighted by atomic mass is 35.6. The predicted octanol–water partition coefficient (Wildman–Crippen LogP) is 5.09. The molecule has 0 aliphatic rings. The lowest BCUT2D eigenvalue weighted by Gasteiger charge is -2.27. The topological polar surface area (TPSA) is 0 Å². The number of hydrogen-bond donors (Lipinski definition) is 0. The summed E-state index contributed by atoms with van der Waals surface area (Å²) in [6.45, 7) is 13.4. The normalized spacial score (nSPS) is 13.3. The molecule has 0 fully saturated rings. The van der Waals surface area contributed by atoms with Gasteiger partial charge in [0, 0.05) is 0 Å². The summed E-state index contributed by atoms with van der Waals surface area (Å²) in [5.41, 5.74) is 0. The number of halogens is 1. The third kappa shape index (κ3) is 7.80. The lowest BCUT2D eigenvalue weighted by Crippen LogP contribution is -2.22. The van der Waals surface area contributed by atoms with E-state index in [9.17, 15) is 0 Å². The quantitative estimate of drug-likeness (QED) is 0.494. The molecule has 0 N–H and O–H groups in total. The maximum Gasteiger partial charge on any atom is 0.336 e. The molecule has 0 nitrogen and oxygen atoms in total. The van der Waals surface area contributed by atoms with Gasteiger partial charge < -0.3 is 0 Å². The van der Waals surface area contributed by atoms with E-state index in [2.05, 4.69) is 41.5 Å². The third-order valence-corrected chi connectivity index (χ3v) is 17.8. The van der Waals surface area contributed by atoms with Gasteiger partial charge in [-0.1, -0.05) is 41.5 Å². The molecule has 0 heterocycles. The van der Waals surface area contributed by atoms with Gasteiger partial charge >= 0.3 is 4.83 Å². The zero-order valence-corrected chi connectivity index (χ0v) is 14.0. The van der Waals surface area contributed by atoms with Crippen molar-refractivity contribution < 1.29 is 0 Å². The lowest BCUT2D eigenvalue weighted by molar-refractivity contribution is 1.12. The first-order valence-electron chi connectivity index (χ1n) is 4.97. The van der Waals surface area contributed by atoms with Gasteiger partial charge in [-0.3, -0.25) is 0 Å². The second-order valence-corrected chi connectivity index (χ2v) is 22.2. The highest BCUT2D eigenvalue weighted by molar-refractivity contribution is 8.85. The van der Waals surface area contributed by atoms with Crippen molar-refractivity contribution in [3.8, 4) is 0 Å². The molecule has 0 aromatic heterocycles. The molecule has 0 aromatic carbocycles. The van der Waals surface area contributed by atoms with Gasteiger partial charge in [0.05, 0.1) is 0 Å². The Morgan fingerprint density at radius 3 is 1.07 bits per heavy atom. The molecule has 0 rings (SSSR count). The summed E-state index contributed by atoms with van der Waals surface area (Å²) >= 11 is 12.7. The van der Waals surface area contributed by atoms with E-state index in [0.717, 1.165) is 0 Å². The second-order valence-electron chi connectivity index (χ2n) is 3.98. The Hall–Kier alpha value is 1.56. The van der Waals surface area contributed by atoms with Crippen LogP contribution in [0.5, 0.6) is 0 Å². The SMILES string of the molecule is CC(C)S[Si](Cl)(SC(C)C)SC(C)C. The van der Waals surface area contributed by atoms with Gasteiger partial charge in [0.2, 0.25) is 0 Å². The Balaban J connectivity index is 4.32. The maximum absolute atomic E-state index is 6.75. The van der Waals surface area contributed by atoms with E-state index in [1.165, 1.54) is 0 Å². The van der Waals surface area contributed by atoms with Gasteiger partial charge in [-0.2, -0.15) is 0 Å². The first kappa shape index (κ1) is 15.6. The van der Waals surface area contributed by atoms with Crippen LogP contribution in [-0.2, 0) is 0 Å². The summed E-state index contributed by atoms with van der Waals surface area (Å²) in [6, 6.07) is 0. The van der Waals surface area contributed by atoms with Crippen LogP contribution in [0, 0.1) is 0 Å². The van der Waals surface area contributed by atoms with E-state index < -0.39 is 4.83 Å². The fraction of sp³-hybridized carbons (Fsp3) is 1.00. The van der Waals surface area contributed by atoms with Gasteiger partial charge in [-0.15, -0.1) is 44.7 Å². The zero-order chi connectivity index (χ0) is 11.4. The Labute approximate surface area is 106 Å². The van der Waals surface area contributed by atoms with Crippen LogP contribution >= 0.6 is 44.7 Å². The van der Waals surface area contributed by atoms with Crippen molar-refractivity contribution in [2.75, 3.05) is 0 Å². The number of rotatable bonds is 6. The molecular weight excluding hydrogens is 268 g/mol. The Bertz CT molecular complexity index is 136. The van der Waals surface area contributed by atoms with E-state index in [1.807, 2.05) is 33.6 Å². The van der Waals surface area contributed by atoms with Gasteiger partial charge in [-0.05, 0) is 15.7 Å². The summed E-state index contributed by atoms with van der Waals surface area (Å²) in [7, 11) is 0. The van der Waals surface area contributed by atoms with E-state index >= 15 is 0 Å². The maximum atomic E-state index is 6.75. The van der Waals surface area contributed by atoms with Gasteiger partial charge in [0.1, 0.15) is 0 Å². The molecule has 0 aliphatic carbocycles. The molecule has 0 unspecified atom stereocenters. The molecule has 0 radical (unpaired) electrons. The molecule has 0 aromatic rings. The van der Waals surface area contributed by atoms with Crippen molar-refractivity contribution in [3.05, 3.63) is 0 Å². The molecule has 0 aliphatic heterocycles. The molecule has 0 amide bonds. The molecular formula is C9H21ClS3Si. The van der Waals surface area contributed by atoms with Gasteiger partial charge in [0.25, 0.3) is 0 Å². The summed E-state index contributed by atoms with van der Waals surface area (Å²) in [6.07, 6.45) is 0. The van der Waals surface area contributed by atoms with Crippen molar-refractivity contribution in [2.24, 2.45) is 0 Å². The lowest BCUT2D eigenvalue weighted by atomic mass is 10.6. The number of hydrogen-bond acceptors (Lipinski definition) is 3. The molecule has 0 atom stereocenters. The minimum absolute atomic E-state index is 0.636. The smallest absolute Gasteiger partial charge is 0.144 e. The van der Waals surface area contributed by atoms with E-state index in [1.54, 1.807) is 0 Å². The van der Waals surface area contributed by atoms with Crippen LogP contribution in [0.25, 0.3) is 0 Å². The zero-order valence-electron chi connectivity index (χ0n) is 9.83. The fourth-order valence-corrected chi connectivity index (χ4v) is 25.1. The van der Waals surface area contributed by atoms with E-state index in [-0.39, 0.29) is 0 Å². The van der Waals surface area contributed by atoms with E-state index in [4.69, 9.17) is 11.1 Å². The molecule has 86 valence electrons. The predicted molar refractivity (Wildman–Crippen MR) is 79.8 cm³/mol. The van der Waals surface area contributed by atoms with Crippen molar-refractivity contribution in [1.82, 2.24) is 0 Å². The third-order valence-electron chi connectivity index (χ3n) is 1.13. The molecule has 5 heteroatoms. The van der Waals surface area contributed by atoms with Crippen LogP contribution < -0.4 is 0 Å². The summed E-state index contributed by atoms with van der Waals surface area (Å²) in [5.74, 6) is 0. The molecule has 0 bridgehead atoms. The largest absolute Gasteiger partial charge is 0.336 e. The van der Waals surface area contributed by atoms with Gasteiger partial charge in [-0.25, -0.2) is 0 Å². The van der Waals surface area contributed by atoms with Crippen LogP contribution in [0.1, 0.15) is 41.5 Å².